The van der Waals surface area contributed by atoms with Gasteiger partial charge in [-0.25, -0.2) is 4.98 Å². The maximum absolute atomic E-state index is 4.71. The monoisotopic (exact) mass is 495 g/mol. The smallest absolute Gasteiger partial charge is 0.191 e. The van der Waals surface area contributed by atoms with Crippen molar-refractivity contribution >= 4 is 41.3 Å². The van der Waals surface area contributed by atoms with Crippen LogP contribution in [-0.2, 0) is 12.8 Å². The van der Waals surface area contributed by atoms with Crippen molar-refractivity contribution < 1.29 is 0 Å². The third-order valence-electron chi connectivity index (χ3n) is 4.09. The summed E-state index contributed by atoms with van der Waals surface area (Å²) >= 11 is 1.75. The van der Waals surface area contributed by atoms with Crippen LogP contribution in [0.1, 0.15) is 58.7 Å². The first-order valence-corrected chi connectivity index (χ1v) is 10.6. The molecule has 0 aliphatic heterocycles. The molecule has 0 spiro atoms. The van der Waals surface area contributed by atoms with Gasteiger partial charge in [0.2, 0.25) is 0 Å². The topological polar surface area (TPSA) is 52.6 Å². The summed E-state index contributed by atoms with van der Waals surface area (Å²) in [7, 11) is 0. The van der Waals surface area contributed by atoms with E-state index in [0.717, 1.165) is 51.4 Å². The number of hydrogen-bond donors (Lipinski definition) is 2. The van der Waals surface area contributed by atoms with Gasteiger partial charge in [0, 0.05) is 50.1 Å². The second-order valence-corrected chi connectivity index (χ2v) is 7.75. The number of aryl methyl sites for hydroxylation is 1. The second-order valence-electron chi connectivity index (χ2n) is 6.80. The lowest BCUT2D eigenvalue weighted by Gasteiger charge is -2.30. The predicted molar refractivity (Wildman–Crippen MR) is 126 cm³/mol. The molecule has 152 valence electrons. The van der Waals surface area contributed by atoms with Crippen molar-refractivity contribution in [1.29, 1.82) is 0 Å². The molecule has 7 heteroatoms. The lowest BCUT2D eigenvalue weighted by atomic mass is 10.2. The summed E-state index contributed by atoms with van der Waals surface area (Å²) in [6.45, 7) is 17.0. The average Bonchev–Trinajstić information content (AvgIpc) is 3.01. The van der Waals surface area contributed by atoms with Crippen LogP contribution in [0, 0.1) is 0 Å². The van der Waals surface area contributed by atoms with Crippen LogP contribution in [0.4, 0.5) is 0 Å². The average molecular weight is 496 g/mol. The predicted octanol–water partition coefficient (Wildman–Crippen LogP) is 3.93. The summed E-state index contributed by atoms with van der Waals surface area (Å²) in [6.07, 6.45) is 3.04. The number of guanidine groups is 1. The third kappa shape index (κ3) is 10.1. The van der Waals surface area contributed by atoms with Crippen LogP contribution in [0.5, 0.6) is 0 Å². The van der Waals surface area contributed by atoms with E-state index < -0.39 is 0 Å². The number of nitrogens with one attached hydrogen (secondary N) is 2. The van der Waals surface area contributed by atoms with Gasteiger partial charge in [-0.3, -0.25) is 9.89 Å². The van der Waals surface area contributed by atoms with Crippen LogP contribution >= 0.6 is 35.3 Å². The van der Waals surface area contributed by atoms with Crippen LogP contribution in [0.2, 0.25) is 0 Å². The van der Waals surface area contributed by atoms with Gasteiger partial charge in [0.1, 0.15) is 0 Å². The van der Waals surface area contributed by atoms with Gasteiger partial charge >= 0.3 is 0 Å². The molecule has 1 heterocycles. The van der Waals surface area contributed by atoms with E-state index in [2.05, 4.69) is 67.4 Å². The molecule has 1 aromatic heterocycles. The Morgan fingerprint density at radius 1 is 1.19 bits per heavy atom. The summed E-state index contributed by atoms with van der Waals surface area (Å²) in [5.74, 6) is 0.911. The van der Waals surface area contributed by atoms with E-state index in [-0.39, 0.29) is 24.0 Å². The molecule has 0 radical (unpaired) electrons. The highest BCUT2D eigenvalue weighted by Crippen LogP contribution is 2.10. The van der Waals surface area contributed by atoms with Gasteiger partial charge in [-0.05, 0) is 47.5 Å². The molecule has 0 unspecified atom stereocenters. The minimum Gasteiger partial charge on any atom is -0.357 e. The van der Waals surface area contributed by atoms with Gasteiger partial charge < -0.3 is 10.6 Å². The van der Waals surface area contributed by atoms with Crippen LogP contribution in [0.3, 0.4) is 0 Å². The van der Waals surface area contributed by atoms with Crippen molar-refractivity contribution in [2.45, 2.75) is 72.9 Å². The molecule has 0 saturated heterocycles. The number of thiazole rings is 1. The van der Waals surface area contributed by atoms with Gasteiger partial charge in [0.05, 0.1) is 10.7 Å². The van der Waals surface area contributed by atoms with E-state index in [9.17, 15) is 0 Å². The Labute approximate surface area is 181 Å². The van der Waals surface area contributed by atoms with Crippen molar-refractivity contribution in [3.05, 3.63) is 16.1 Å². The Kier molecular flexibility index (Phi) is 14.4. The van der Waals surface area contributed by atoms with Gasteiger partial charge in [-0.15, -0.1) is 35.3 Å². The number of rotatable bonds is 11. The fourth-order valence-corrected chi connectivity index (χ4v) is 3.61. The Balaban J connectivity index is 0.00000625. The lowest BCUT2D eigenvalue weighted by molar-refractivity contribution is 0.174. The van der Waals surface area contributed by atoms with Crippen molar-refractivity contribution in [2.75, 3.05) is 26.2 Å². The Hall–Kier alpha value is -0.410. The normalized spacial score (nSPS) is 12.0. The molecule has 1 rings (SSSR count). The highest BCUT2D eigenvalue weighted by molar-refractivity contribution is 14.0. The van der Waals surface area contributed by atoms with E-state index in [1.54, 1.807) is 11.3 Å². The molecule has 0 fully saturated rings. The van der Waals surface area contributed by atoms with Gasteiger partial charge in [-0.1, -0.05) is 6.92 Å². The SMILES string of the molecule is CCNC(=NCCCN(C(C)C)C(C)C)NCCc1csc(CC)n1.I. The summed E-state index contributed by atoms with van der Waals surface area (Å²) in [5.41, 5.74) is 1.18. The fourth-order valence-electron chi connectivity index (χ4n) is 2.83. The molecule has 0 aromatic carbocycles. The van der Waals surface area contributed by atoms with Crippen LogP contribution < -0.4 is 10.6 Å². The number of aromatic nitrogens is 1. The van der Waals surface area contributed by atoms with E-state index in [1.807, 2.05) is 0 Å². The Morgan fingerprint density at radius 3 is 2.42 bits per heavy atom. The van der Waals surface area contributed by atoms with Crippen molar-refractivity contribution in [1.82, 2.24) is 20.5 Å². The van der Waals surface area contributed by atoms with E-state index >= 15 is 0 Å². The molecule has 0 atom stereocenters. The summed E-state index contributed by atoms with van der Waals surface area (Å²) in [6, 6.07) is 1.17. The first kappa shape index (κ1) is 25.6. The maximum Gasteiger partial charge on any atom is 0.191 e. The molecule has 1 aromatic rings. The minimum atomic E-state index is 0. The van der Waals surface area contributed by atoms with Gasteiger partial charge in [-0.2, -0.15) is 0 Å². The molecular weight excluding hydrogens is 457 g/mol. The zero-order chi connectivity index (χ0) is 18.7. The quantitative estimate of drug-likeness (QED) is 0.212. The lowest BCUT2D eigenvalue weighted by Crippen LogP contribution is -2.39. The number of halogens is 1. The first-order valence-electron chi connectivity index (χ1n) is 9.69. The number of aliphatic imine (C=N–C) groups is 1. The number of nitrogens with zero attached hydrogens (tertiary/aromatic N) is 3. The van der Waals surface area contributed by atoms with Crippen molar-refractivity contribution in [3.63, 3.8) is 0 Å². The minimum absolute atomic E-state index is 0. The zero-order valence-electron chi connectivity index (χ0n) is 17.3. The van der Waals surface area contributed by atoms with E-state index in [4.69, 9.17) is 4.99 Å². The highest BCUT2D eigenvalue weighted by Gasteiger charge is 2.12. The summed E-state index contributed by atoms with van der Waals surface area (Å²) in [5, 5.41) is 10.1. The zero-order valence-corrected chi connectivity index (χ0v) is 20.5. The van der Waals surface area contributed by atoms with Crippen LogP contribution in [-0.4, -0.2) is 54.1 Å². The van der Waals surface area contributed by atoms with Gasteiger partial charge in [0.15, 0.2) is 5.96 Å². The molecule has 0 aliphatic rings. The largest absolute Gasteiger partial charge is 0.357 e. The second kappa shape index (κ2) is 14.6. The molecule has 26 heavy (non-hydrogen) atoms. The Morgan fingerprint density at radius 2 is 1.88 bits per heavy atom. The van der Waals surface area contributed by atoms with Gasteiger partial charge in [0.25, 0.3) is 0 Å². The van der Waals surface area contributed by atoms with E-state index in [0.29, 0.717) is 12.1 Å². The van der Waals surface area contributed by atoms with Crippen molar-refractivity contribution in [2.24, 2.45) is 4.99 Å². The van der Waals surface area contributed by atoms with E-state index in [1.165, 1.54) is 10.7 Å². The number of hydrogen-bond acceptors (Lipinski definition) is 4. The van der Waals surface area contributed by atoms with Crippen LogP contribution in [0.25, 0.3) is 0 Å². The fraction of sp³-hybridized carbons (Fsp3) is 0.789. The summed E-state index contributed by atoms with van der Waals surface area (Å²) in [4.78, 5) is 11.8. The Bertz CT molecular complexity index is 494. The summed E-state index contributed by atoms with van der Waals surface area (Å²) < 4.78 is 0. The maximum atomic E-state index is 4.71. The highest BCUT2D eigenvalue weighted by atomic mass is 127. The van der Waals surface area contributed by atoms with Crippen LogP contribution in [0.15, 0.2) is 10.4 Å². The molecule has 2 N–H and O–H groups in total. The molecule has 0 aliphatic carbocycles. The molecule has 0 bridgehead atoms. The third-order valence-corrected chi connectivity index (χ3v) is 5.13. The first-order chi connectivity index (χ1) is 12.0. The molecule has 0 amide bonds. The van der Waals surface area contributed by atoms with Crippen molar-refractivity contribution in [3.8, 4) is 0 Å². The standard InChI is InChI=1S/C19H37N5S.HI/c1-7-18-23-17(14-25-18)10-12-22-19(20-8-2)21-11-9-13-24(15(3)4)16(5)6;/h14-16H,7-13H2,1-6H3,(H2,20,21,22);1H. The molecule has 0 saturated carbocycles. The molecular formula is C19H38IN5S. The molecule has 5 nitrogen and oxygen atoms in total.